The van der Waals surface area contributed by atoms with E-state index < -0.39 is 0 Å². The Balaban J connectivity index is 2.07. The van der Waals surface area contributed by atoms with E-state index in [2.05, 4.69) is 38.0 Å². The van der Waals surface area contributed by atoms with Crippen molar-refractivity contribution in [1.82, 2.24) is 15.1 Å². The van der Waals surface area contributed by atoms with Crippen LogP contribution in [0.25, 0.3) is 0 Å². The first-order valence-corrected chi connectivity index (χ1v) is 6.70. The Morgan fingerprint density at radius 1 is 1.50 bits per heavy atom. The van der Waals surface area contributed by atoms with E-state index in [-0.39, 0.29) is 11.9 Å². The molecule has 0 bridgehead atoms. The first-order valence-electron chi connectivity index (χ1n) is 5.09. The highest BCUT2D eigenvalue weighted by Gasteiger charge is 2.27. The smallest absolute Gasteiger partial charge is 0.219 e. The Labute approximate surface area is 107 Å². The molecule has 0 aromatic carbocycles. The number of hydrogen-bond acceptors (Lipinski definition) is 5. The number of piperazine rings is 1. The number of nitrogens with zero attached hydrogens (tertiary/aromatic N) is 4. The van der Waals surface area contributed by atoms with Gasteiger partial charge in [-0.2, -0.15) is 0 Å². The third-order valence-corrected chi connectivity index (χ3v) is 4.10. The molecule has 1 aliphatic rings. The lowest BCUT2D eigenvalue weighted by atomic mass is 10.2. The van der Waals surface area contributed by atoms with Gasteiger partial charge < -0.3 is 9.80 Å². The van der Waals surface area contributed by atoms with Crippen LogP contribution in [0.3, 0.4) is 0 Å². The zero-order chi connectivity index (χ0) is 11.7. The molecule has 2 heterocycles. The molecule has 0 aliphatic carbocycles. The van der Waals surface area contributed by atoms with Gasteiger partial charge in [-0.25, -0.2) is 0 Å². The molecule has 0 spiro atoms. The van der Waals surface area contributed by atoms with Crippen LogP contribution in [0, 0.1) is 0 Å². The third kappa shape index (κ3) is 2.35. The number of amides is 1. The van der Waals surface area contributed by atoms with Gasteiger partial charge in [0.15, 0.2) is 3.92 Å². The number of carbonyl (C=O) groups excluding carboxylic acids is 1. The molecule has 88 valence electrons. The first kappa shape index (κ1) is 11.8. The van der Waals surface area contributed by atoms with Crippen LogP contribution >= 0.6 is 27.3 Å². The summed E-state index contributed by atoms with van der Waals surface area (Å²) in [5.41, 5.74) is 0. The number of halogens is 1. The molecule has 5 nitrogen and oxygen atoms in total. The zero-order valence-corrected chi connectivity index (χ0v) is 11.6. The molecule has 1 amide bonds. The van der Waals surface area contributed by atoms with Gasteiger partial charge in [0.25, 0.3) is 0 Å². The highest BCUT2D eigenvalue weighted by molar-refractivity contribution is 9.11. The van der Waals surface area contributed by atoms with Crippen molar-refractivity contribution >= 4 is 38.3 Å². The topological polar surface area (TPSA) is 49.3 Å². The lowest BCUT2D eigenvalue weighted by Gasteiger charge is -2.39. The second-order valence-corrected chi connectivity index (χ2v) is 6.08. The summed E-state index contributed by atoms with van der Waals surface area (Å²) in [6.07, 6.45) is 0. The Morgan fingerprint density at radius 2 is 2.25 bits per heavy atom. The van der Waals surface area contributed by atoms with E-state index in [0.29, 0.717) is 0 Å². The summed E-state index contributed by atoms with van der Waals surface area (Å²) >= 11 is 4.83. The van der Waals surface area contributed by atoms with E-state index in [0.717, 1.165) is 28.7 Å². The number of aromatic nitrogens is 2. The Bertz CT molecular complexity index is 397. The summed E-state index contributed by atoms with van der Waals surface area (Å²) in [5, 5.41) is 8.97. The van der Waals surface area contributed by atoms with Crippen molar-refractivity contribution < 1.29 is 4.79 Å². The van der Waals surface area contributed by atoms with Gasteiger partial charge >= 0.3 is 0 Å². The number of hydrogen-bond donors (Lipinski definition) is 0. The molecule has 16 heavy (non-hydrogen) atoms. The zero-order valence-electron chi connectivity index (χ0n) is 9.18. The fourth-order valence-electron chi connectivity index (χ4n) is 1.84. The SMILES string of the molecule is CC(=O)N1CCN(c2nnc(Br)s2)[C@H](C)C1. The van der Waals surface area contributed by atoms with Crippen LogP contribution in [-0.4, -0.2) is 46.7 Å². The van der Waals surface area contributed by atoms with Gasteiger partial charge in [0.2, 0.25) is 11.0 Å². The second-order valence-electron chi connectivity index (χ2n) is 3.85. The maximum absolute atomic E-state index is 11.3. The predicted molar refractivity (Wildman–Crippen MR) is 66.7 cm³/mol. The summed E-state index contributed by atoms with van der Waals surface area (Å²) in [5.74, 6) is 0.143. The number of carbonyl (C=O) groups is 1. The maximum atomic E-state index is 11.3. The summed E-state index contributed by atoms with van der Waals surface area (Å²) in [4.78, 5) is 15.3. The number of rotatable bonds is 1. The van der Waals surface area contributed by atoms with Gasteiger partial charge in [-0.15, -0.1) is 10.2 Å². The van der Waals surface area contributed by atoms with E-state index in [4.69, 9.17) is 0 Å². The highest BCUT2D eigenvalue weighted by Crippen LogP contribution is 2.27. The van der Waals surface area contributed by atoms with Gasteiger partial charge in [-0.3, -0.25) is 4.79 Å². The quantitative estimate of drug-likeness (QED) is 0.786. The van der Waals surface area contributed by atoms with Crippen molar-refractivity contribution in [3.05, 3.63) is 3.92 Å². The molecule has 0 unspecified atom stereocenters. The fraction of sp³-hybridized carbons (Fsp3) is 0.667. The molecule has 1 aliphatic heterocycles. The third-order valence-electron chi connectivity index (χ3n) is 2.71. The molecule has 0 N–H and O–H groups in total. The van der Waals surface area contributed by atoms with Crippen LogP contribution < -0.4 is 4.90 Å². The van der Waals surface area contributed by atoms with Gasteiger partial charge in [-0.05, 0) is 22.9 Å². The average Bonchev–Trinajstić information content (AvgIpc) is 2.64. The molecule has 0 saturated carbocycles. The summed E-state index contributed by atoms with van der Waals surface area (Å²) < 4.78 is 0.795. The lowest BCUT2D eigenvalue weighted by Crippen LogP contribution is -2.53. The summed E-state index contributed by atoms with van der Waals surface area (Å²) in [6.45, 7) is 6.06. The Morgan fingerprint density at radius 3 is 2.75 bits per heavy atom. The summed E-state index contributed by atoms with van der Waals surface area (Å²) in [6, 6.07) is 0.289. The molecule has 0 radical (unpaired) electrons. The normalized spacial score (nSPS) is 21.3. The van der Waals surface area contributed by atoms with Crippen LogP contribution in [0.2, 0.25) is 0 Å². The van der Waals surface area contributed by atoms with Crippen molar-refractivity contribution in [3.63, 3.8) is 0 Å². The van der Waals surface area contributed by atoms with E-state index in [1.54, 1.807) is 6.92 Å². The molecule has 1 saturated heterocycles. The van der Waals surface area contributed by atoms with Crippen molar-refractivity contribution in [2.24, 2.45) is 0 Å². The predicted octanol–water partition coefficient (Wildman–Crippen LogP) is 1.36. The van der Waals surface area contributed by atoms with Crippen molar-refractivity contribution in [3.8, 4) is 0 Å². The van der Waals surface area contributed by atoms with Gasteiger partial charge in [0.1, 0.15) is 0 Å². The van der Waals surface area contributed by atoms with E-state index in [9.17, 15) is 4.79 Å². The standard InChI is InChI=1S/C9H13BrN4OS/c1-6-5-13(7(2)15)3-4-14(6)9-12-11-8(10)16-9/h6H,3-5H2,1-2H3/t6-/m1/s1. The van der Waals surface area contributed by atoms with E-state index in [1.807, 2.05) is 4.90 Å². The van der Waals surface area contributed by atoms with Crippen LogP contribution in [0.5, 0.6) is 0 Å². The maximum Gasteiger partial charge on any atom is 0.219 e. The summed E-state index contributed by atoms with van der Waals surface area (Å²) in [7, 11) is 0. The largest absolute Gasteiger partial charge is 0.340 e. The minimum atomic E-state index is 0.143. The molecular formula is C9H13BrN4OS. The molecule has 1 aromatic heterocycles. The molecule has 1 fully saturated rings. The van der Waals surface area contributed by atoms with Crippen molar-refractivity contribution in [2.45, 2.75) is 19.9 Å². The van der Waals surface area contributed by atoms with Crippen molar-refractivity contribution in [1.29, 1.82) is 0 Å². The minimum absolute atomic E-state index is 0.143. The van der Waals surface area contributed by atoms with Crippen LogP contribution in [0.1, 0.15) is 13.8 Å². The second kappa shape index (κ2) is 4.67. The van der Waals surface area contributed by atoms with Gasteiger partial charge in [0, 0.05) is 32.6 Å². The Kier molecular flexibility index (Phi) is 3.44. The fourth-order valence-corrected chi connectivity index (χ4v) is 3.06. The Hall–Kier alpha value is -0.690. The average molecular weight is 305 g/mol. The highest BCUT2D eigenvalue weighted by atomic mass is 79.9. The monoisotopic (exact) mass is 304 g/mol. The van der Waals surface area contributed by atoms with Gasteiger partial charge in [0.05, 0.1) is 0 Å². The first-order chi connectivity index (χ1) is 7.58. The molecule has 1 atom stereocenters. The van der Waals surface area contributed by atoms with E-state index >= 15 is 0 Å². The van der Waals surface area contributed by atoms with Gasteiger partial charge in [-0.1, -0.05) is 11.3 Å². The van der Waals surface area contributed by atoms with Crippen LogP contribution in [0.4, 0.5) is 5.13 Å². The number of anilines is 1. The van der Waals surface area contributed by atoms with E-state index in [1.165, 1.54) is 11.3 Å². The molecule has 7 heteroatoms. The molecule has 2 rings (SSSR count). The van der Waals surface area contributed by atoms with Crippen LogP contribution in [-0.2, 0) is 4.79 Å². The minimum Gasteiger partial charge on any atom is -0.340 e. The molecule has 1 aromatic rings. The molecular weight excluding hydrogens is 292 g/mol. The lowest BCUT2D eigenvalue weighted by molar-refractivity contribution is -0.129. The van der Waals surface area contributed by atoms with Crippen LogP contribution in [0.15, 0.2) is 3.92 Å². The van der Waals surface area contributed by atoms with Crippen molar-refractivity contribution in [2.75, 3.05) is 24.5 Å².